The van der Waals surface area contributed by atoms with Gasteiger partial charge in [0, 0.05) is 0 Å². The van der Waals surface area contributed by atoms with Crippen LogP contribution in [0.1, 0.15) is 18.5 Å². The third-order valence-corrected chi connectivity index (χ3v) is 4.78. The Morgan fingerprint density at radius 2 is 1.78 bits per heavy atom. The minimum atomic E-state index is -0.205. The standard InChI is InChI=1S/C20H16N6O/c1-13(14-7-3-2-4-8-14)26-18-16(23-20(26)27)11-21-19(24-18)25-12-22-15-9-5-6-10-17(15)25/h2-13H,1H3,(H,23,27)/t13-/m1/s1. The molecule has 0 unspecified atom stereocenters. The number of fused-ring (bicyclic) bond motifs is 2. The number of imidazole rings is 2. The number of hydrogen-bond donors (Lipinski definition) is 1. The fourth-order valence-electron chi connectivity index (χ4n) is 3.38. The van der Waals surface area contributed by atoms with Crippen molar-refractivity contribution in [3.63, 3.8) is 0 Å². The number of rotatable bonds is 3. The lowest BCUT2D eigenvalue weighted by molar-refractivity contribution is 0.629. The molecule has 1 N–H and O–H groups in total. The Morgan fingerprint density at radius 1 is 1.00 bits per heavy atom. The van der Waals surface area contributed by atoms with Crippen molar-refractivity contribution in [2.24, 2.45) is 0 Å². The summed E-state index contributed by atoms with van der Waals surface area (Å²) in [4.78, 5) is 28.9. The van der Waals surface area contributed by atoms with Gasteiger partial charge < -0.3 is 4.98 Å². The maximum atomic E-state index is 12.6. The van der Waals surface area contributed by atoms with Crippen LogP contribution < -0.4 is 5.69 Å². The molecule has 0 bridgehead atoms. The zero-order valence-corrected chi connectivity index (χ0v) is 14.6. The molecule has 0 saturated carbocycles. The first-order valence-electron chi connectivity index (χ1n) is 8.67. The van der Waals surface area contributed by atoms with Crippen molar-refractivity contribution in [1.82, 2.24) is 29.1 Å². The average molecular weight is 356 g/mol. The number of hydrogen-bond acceptors (Lipinski definition) is 4. The number of nitrogens with one attached hydrogen (secondary N) is 1. The van der Waals surface area contributed by atoms with Gasteiger partial charge in [0.1, 0.15) is 11.8 Å². The number of para-hydroxylation sites is 2. The maximum absolute atomic E-state index is 12.6. The van der Waals surface area contributed by atoms with Crippen LogP contribution in [-0.2, 0) is 0 Å². The zero-order valence-electron chi connectivity index (χ0n) is 14.6. The van der Waals surface area contributed by atoms with Crippen molar-refractivity contribution in [2.75, 3.05) is 0 Å². The SMILES string of the molecule is C[C@H](c1ccccc1)n1c(=O)[nH]c2cnc(-n3cnc4ccccc43)nc21. The van der Waals surface area contributed by atoms with E-state index in [9.17, 15) is 4.79 Å². The van der Waals surface area contributed by atoms with Crippen LogP contribution in [0.2, 0.25) is 0 Å². The molecule has 0 saturated heterocycles. The molecule has 3 aromatic heterocycles. The van der Waals surface area contributed by atoms with Crippen LogP contribution in [0.4, 0.5) is 0 Å². The van der Waals surface area contributed by atoms with E-state index in [4.69, 9.17) is 0 Å². The molecule has 0 aliphatic carbocycles. The summed E-state index contributed by atoms with van der Waals surface area (Å²) in [7, 11) is 0. The first-order valence-corrected chi connectivity index (χ1v) is 8.67. The van der Waals surface area contributed by atoms with Crippen molar-refractivity contribution >= 4 is 22.2 Å². The van der Waals surface area contributed by atoms with E-state index in [2.05, 4.69) is 19.9 Å². The molecule has 27 heavy (non-hydrogen) atoms. The fraction of sp³-hybridized carbons (Fsp3) is 0.100. The maximum Gasteiger partial charge on any atom is 0.328 e. The van der Waals surface area contributed by atoms with Crippen molar-refractivity contribution in [2.45, 2.75) is 13.0 Å². The highest BCUT2D eigenvalue weighted by Gasteiger charge is 2.17. The summed E-state index contributed by atoms with van der Waals surface area (Å²) in [5.41, 5.74) is 3.79. The van der Waals surface area contributed by atoms with Crippen LogP contribution in [0, 0.1) is 0 Å². The molecule has 0 radical (unpaired) electrons. The van der Waals surface area contributed by atoms with Crippen LogP contribution in [0.3, 0.4) is 0 Å². The van der Waals surface area contributed by atoms with E-state index >= 15 is 0 Å². The van der Waals surface area contributed by atoms with Gasteiger partial charge in [-0.3, -0.25) is 9.13 Å². The normalized spacial score (nSPS) is 12.6. The van der Waals surface area contributed by atoms with Gasteiger partial charge in [0.15, 0.2) is 5.65 Å². The highest BCUT2D eigenvalue weighted by Crippen LogP contribution is 2.21. The van der Waals surface area contributed by atoms with Gasteiger partial charge >= 0.3 is 5.69 Å². The van der Waals surface area contributed by atoms with Crippen molar-refractivity contribution in [3.8, 4) is 5.95 Å². The van der Waals surface area contributed by atoms with E-state index in [0.29, 0.717) is 17.1 Å². The van der Waals surface area contributed by atoms with Crippen LogP contribution in [0.15, 0.2) is 71.9 Å². The van der Waals surface area contributed by atoms with Gasteiger partial charge in [0.25, 0.3) is 0 Å². The second-order valence-corrected chi connectivity index (χ2v) is 6.40. The van der Waals surface area contributed by atoms with Crippen LogP contribution >= 0.6 is 0 Å². The summed E-state index contributed by atoms with van der Waals surface area (Å²) in [6.07, 6.45) is 3.34. The minimum Gasteiger partial charge on any atom is -0.303 e. The molecule has 0 aliphatic heterocycles. The van der Waals surface area contributed by atoms with E-state index in [1.54, 1.807) is 17.1 Å². The first-order chi connectivity index (χ1) is 13.2. The largest absolute Gasteiger partial charge is 0.328 e. The van der Waals surface area contributed by atoms with E-state index < -0.39 is 0 Å². The monoisotopic (exact) mass is 356 g/mol. The van der Waals surface area contributed by atoms with Gasteiger partial charge in [0.2, 0.25) is 5.95 Å². The van der Waals surface area contributed by atoms with Gasteiger partial charge in [0.05, 0.1) is 23.3 Å². The number of benzene rings is 2. The molecule has 132 valence electrons. The Labute approximate surface area is 154 Å². The fourth-order valence-corrected chi connectivity index (χ4v) is 3.38. The smallest absolute Gasteiger partial charge is 0.303 e. The van der Waals surface area contributed by atoms with E-state index in [0.717, 1.165) is 16.6 Å². The number of aromatic amines is 1. The molecule has 3 heterocycles. The molecule has 0 fully saturated rings. The summed E-state index contributed by atoms with van der Waals surface area (Å²) in [6.45, 7) is 1.98. The first kappa shape index (κ1) is 15.5. The van der Waals surface area contributed by atoms with Crippen LogP contribution in [0.5, 0.6) is 0 Å². The van der Waals surface area contributed by atoms with Gasteiger partial charge in [-0.1, -0.05) is 42.5 Å². The molecule has 5 aromatic rings. The molecule has 5 rings (SSSR count). The van der Waals surface area contributed by atoms with Gasteiger partial charge in [-0.25, -0.2) is 14.8 Å². The minimum absolute atomic E-state index is 0.158. The average Bonchev–Trinajstić information content (AvgIpc) is 3.28. The quantitative estimate of drug-likeness (QED) is 0.539. The van der Waals surface area contributed by atoms with E-state index in [-0.39, 0.29) is 11.7 Å². The Kier molecular flexibility index (Phi) is 3.39. The van der Waals surface area contributed by atoms with E-state index in [1.807, 2.05) is 66.1 Å². The molecule has 2 aromatic carbocycles. The molecule has 0 amide bonds. The van der Waals surface area contributed by atoms with Crippen molar-refractivity contribution < 1.29 is 0 Å². The Balaban J connectivity index is 1.71. The summed E-state index contributed by atoms with van der Waals surface area (Å²) in [5.74, 6) is 0.476. The molecule has 1 atom stereocenters. The van der Waals surface area contributed by atoms with Gasteiger partial charge in [-0.05, 0) is 24.6 Å². The lowest BCUT2D eigenvalue weighted by Gasteiger charge is -2.13. The second-order valence-electron chi connectivity index (χ2n) is 6.40. The molecule has 7 heteroatoms. The highest BCUT2D eigenvalue weighted by molar-refractivity contribution is 5.77. The lowest BCUT2D eigenvalue weighted by atomic mass is 10.1. The summed E-state index contributed by atoms with van der Waals surface area (Å²) in [5, 5.41) is 0. The summed E-state index contributed by atoms with van der Waals surface area (Å²) >= 11 is 0. The molecular weight excluding hydrogens is 340 g/mol. The summed E-state index contributed by atoms with van der Waals surface area (Å²) < 4.78 is 3.48. The van der Waals surface area contributed by atoms with Crippen LogP contribution in [0.25, 0.3) is 28.1 Å². The predicted octanol–water partition coefficient (Wildman–Crippen LogP) is 3.07. The molecule has 0 spiro atoms. The van der Waals surface area contributed by atoms with Crippen molar-refractivity contribution in [3.05, 3.63) is 83.2 Å². The topological polar surface area (TPSA) is 81.4 Å². The predicted molar refractivity (Wildman–Crippen MR) is 103 cm³/mol. The lowest BCUT2D eigenvalue weighted by Crippen LogP contribution is -2.21. The number of nitrogens with zero attached hydrogens (tertiary/aromatic N) is 5. The third kappa shape index (κ3) is 2.43. The summed E-state index contributed by atoms with van der Waals surface area (Å²) in [6, 6.07) is 17.5. The van der Waals surface area contributed by atoms with Gasteiger partial charge in [-0.2, -0.15) is 4.98 Å². The van der Waals surface area contributed by atoms with Crippen molar-refractivity contribution in [1.29, 1.82) is 0 Å². The Morgan fingerprint density at radius 3 is 2.63 bits per heavy atom. The zero-order chi connectivity index (χ0) is 18.4. The molecule has 7 nitrogen and oxygen atoms in total. The molecular formula is C20H16N6O. The number of H-pyrrole nitrogens is 1. The van der Waals surface area contributed by atoms with Crippen LogP contribution in [-0.4, -0.2) is 29.1 Å². The molecule has 0 aliphatic rings. The van der Waals surface area contributed by atoms with E-state index in [1.165, 1.54) is 0 Å². The Hall–Kier alpha value is -3.74. The van der Waals surface area contributed by atoms with Gasteiger partial charge in [-0.15, -0.1) is 0 Å². The number of aromatic nitrogens is 6. The Bertz CT molecular complexity index is 1310. The third-order valence-electron chi connectivity index (χ3n) is 4.78. The highest BCUT2D eigenvalue weighted by atomic mass is 16.1. The second kappa shape index (κ2) is 5.91.